The number of methoxy groups -OCH3 is 1. The van der Waals surface area contributed by atoms with Crippen LogP contribution in [0.1, 0.15) is 19.4 Å². The van der Waals surface area contributed by atoms with Crippen LogP contribution in [0.25, 0.3) is 11.1 Å². The molecule has 2 rings (SSSR count). The molecule has 4 nitrogen and oxygen atoms in total. The maximum absolute atomic E-state index is 5.96. The molecule has 96 valence electrons. The number of hydrogen-bond donors (Lipinski definition) is 1. The molecular weight excluding hydrogens is 226 g/mol. The van der Waals surface area contributed by atoms with E-state index in [0.717, 1.165) is 29.8 Å². The van der Waals surface area contributed by atoms with Crippen molar-refractivity contribution < 1.29 is 4.74 Å². The number of aromatic nitrogens is 2. The second-order valence-corrected chi connectivity index (χ2v) is 4.43. The van der Waals surface area contributed by atoms with E-state index in [1.54, 1.807) is 7.11 Å². The van der Waals surface area contributed by atoms with Crippen LogP contribution < -0.4 is 5.73 Å². The number of benzene rings is 1. The minimum Gasteiger partial charge on any atom is -0.398 e. The Bertz CT molecular complexity index is 507. The number of hydrogen-bond acceptors (Lipinski definition) is 3. The van der Waals surface area contributed by atoms with Crippen LogP contribution in [0.3, 0.4) is 0 Å². The summed E-state index contributed by atoms with van der Waals surface area (Å²) in [6, 6.07) is 8.16. The number of nitrogens with two attached hydrogens (primary N) is 1. The third-order valence-electron chi connectivity index (χ3n) is 3.06. The molecule has 0 aliphatic carbocycles. The number of anilines is 1. The van der Waals surface area contributed by atoms with Crippen molar-refractivity contribution >= 4 is 5.69 Å². The quantitative estimate of drug-likeness (QED) is 0.824. The SMILES string of the molecule is COCCC(C)n1cc(-c2ccccc2N)cn1. The van der Waals surface area contributed by atoms with Gasteiger partial charge in [-0.1, -0.05) is 18.2 Å². The highest BCUT2D eigenvalue weighted by Crippen LogP contribution is 2.25. The zero-order valence-corrected chi connectivity index (χ0v) is 10.8. The van der Waals surface area contributed by atoms with Gasteiger partial charge in [0.2, 0.25) is 0 Å². The molecule has 0 radical (unpaired) electrons. The molecule has 1 unspecified atom stereocenters. The highest BCUT2D eigenvalue weighted by Gasteiger charge is 2.09. The first kappa shape index (κ1) is 12.6. The summed E-state index contributed by atoms with van der Waals surface area (Å²) in [5.74, 6) is 0. The van der Waals surface area contributed by atoms with Crippen molar-refractivity contribution in [1.29, 1.82) is 0 Å². The van der Waals surface area contributed by atoms with E-state index in [4.69, 9.17) is 10.5 Å². The second kappa shape index (κ2) is 5.69. The first-order valence-corrected chi connectivity index (χ1v) is 6.10. The normalized spacial score (nSPS) is 12.6. The Morgan fingerprint density at radius 2 is 2.17 bits per heavy atom. The Morgan fingerprint density at radius 3 is 2.89 bits per heavy atom. The van der Waals surface area contributed by atoms with E-state index in [9.17, 15) is 0 Å². The maximum Gasteiger partial charge on any atom is 0.0569 e. The van der Waals surface area contributed by atoms with E-state index < -0.39 is 0 Å². The van der Waals surface area contributed by atoms with Gasteiger partial charge in [-0.05, 0) is 19.4 Å². The zero-order chi connectivity index (χ0) is 13.0. The number of para-hydroxylation sites is 1. The van der Waals surface area contributed by atoms with Crippen LogP contribution in [0.5, 0.6) is 0 Å². The van der Waals surface area contributed by atoms with Crippen LogP contribution in [-0.4, -0.2) is 23.5 Å². The van der Waals surface area contributed by atoms with Crippen LogP contribution in [0, 0.1) is 0 Å². The maximum atomic E-state index is 5.96. The Morgan fingerprint density at radius 1 is 1.39 bits per heavy atom. The van der Waals surface area contributed by atoms with Gasteiger partial charge in [-0.15, -0.1) is 0 Å². The van der Waals surface area contributed by atoms with Gasteiger partial charge < -0.3 is 10.5 Å². The zero-order valence-electron chi connectivity index (χ0n) is 10.8. The van der Waals surface area contributed by atoms with Gasteiger partial charge in [-0.25, -0.2) is 0 Å². The summed E-state index contributed by atoms with van der Waals surface area (Å²) in [6.07, 6.45) is 4.84. The Labute approximate surface area is 107 Å². The van der Waals surface area contributed by atoms with E-state index in [0.29, 0.717) is 6.04 Å². The van der Waals surface area contributed by atoms with E-state index >= 15 is 0 Å². The first-order valence-electron chi connectivity index (χ1n) is 6.10. The van der Waals surface area contributed by atoms with Gasteiger partial charge in [0, 0.05) is 36.7 Å². The molecule has 1 aromatic heterocycles. The third kappa shape index (κ3) is 2.71. The van der Waals surface area contributed by atoms with Gasteiger partial charge in [-0.2, -0.15) is 5.10 Å². The van der Waals surface area contributed by atoms with Crippen molar-refractivity contribution in [3.05, 3.63) is 36.7 Å². The largest absolute Gasteiger partial charge is 0.398 e. The lowest BCUT2D eigenvalue weighted by atomic mass is 10.1. The van der Waals surface area contributed by atoms with Crippen molar-refractivity contribution in [1.82, 2.24) is 9.78 Å². The summed E-state index contributed by atoms with van der Waals surface area (Å²) < 4.78 is 7.04. The van der Waals surface area contributed by atoms with E-state index in [1.807, 2.05) is 41.3 Å². The molecule has 2 N–H and O–H groups in total. The lowest BCUT2D eigenvalue weighted by Gasteiger charge is -2.10. The molecule has 0 bridgehead atoms. The van der Waals surface area contributed by atoms with Crippen molar-refractivity contribution in [2.75, 3.05) is 19.5 Å². The molecule has 0 spiro atoms. The van der Waals surface area contributed by atoms with Gasteiger partial charge >= 0.3 is 0 Å². The van der Waals surface area contributed by atoms with Gasteiger partial charge in [0.1, 0.15) is 0 Å². The standard InChI is InChI=1S/C14H19N3O/c1-11(7-8-18-2)17-10-12(9-16-17)13-5-3-4-6-14(13)15/h3-6,9-11H,7-8,15H2,1-2H3. The number of nitrogens with zero attached hydrogens (tertiary/aromatic N) is 2. The lowest BCUT2D eigenvalue weighted by molar-refractivity contribution is 0.178. The first-order chi connectivity index (χ1) is 8.72. The fourth-order valence-corrected chi connectivity index (χ4v) is 1.90. The molecular formula is C14H19N3O. The van der Waals surface area contributed by atoms with Gasteiger partial charge in [-0.3, -0.25) is 4.68 Å². The fourth-order valence-electron chi connectivity index (χ4n) is 1.90. The van der Waals surface area contributed by atoms with E-state index in [1.165, 1.54) is 0 Å². The predicted octanol–water partition coefficient (Wildman–Crippen LogP) is 2.73. The van der Waals surface area contributed by atoms with Crippen LogP contribution in [0.2, 0.25) is 0 Å². The molecule has 1 atom stereocenters. The lowest BCUT2D eigenvalue weighted by Crippen LogP contribution is -2.08. The number of nitrogen functional groups attached to an aromatic ring is 1. The predicted molar refractivity (Wildman–Crippen MR) is 73.3 cm³/mol. The summed E-state index contributed by atoms with van der Waals surface area (Å²) in [7, 11) is 1.71. The van der Waals surface area contributed by atoms with E-state index in [2.05, 4.69) is 12.0 Å². The molecule has 0 amide bonds. The third-order valence-corrected chi connectivity index (χ3v) is 3.06. The average Bonchev–Trinajstić information content (AvgIpc) is 2.86. The Balaban J connectivity index is 2.18. The molecule has 4 heteroatoms. The molecule has 1 aromatic carbocycles. The fraction of sp³-hybridized carbons (Fsp3) is 0.357. The molecule has 0 aliphatic heterocycles. The Hall–Kier alpha value is -1.81. The summed E-state index contributed by atoms with van der Waals surface area (Å²) in [4.78, 5) is 0. The summed E-state index contributed by atoms with van der Waals surface area (Å²) >= 11 is 0. The molecule has 2 aromatic rings. The summed E-state index contributed by atoms with van der Waals surface area (Å²) in [5.41, 5.74) is 8.82. The molecule has 1 heterocycles. The van der Waals surface area contributed by atoms with Gasteiger partial charge in [0.05, 0.1) is 12.2 Å². The van der Waals surface area contributed by atoms with Crippen molar-refractivity contribution in [2.24, 2.45) is 0 Å². The minimum absolute atomic E-state index is 0.323. The van der Waals surface area contributed by atoms with Crippen LogP contribution in [0.4, 0.5) is 5.69 Å². The molecule has 0 saturated carbocycles. The second-order valence-electron chi connectivity index (χ2n) is 4.43. The van der Waals surface area contributed by atoms with Gasteiger partial charge in [0.15, 0.2) is 0 Å². The number of rotatable bonds is 5. The summed E-state index contributed by atoms with van der Waals surface area (Å²) in [6.45, 7) is 2.87. The summed E-state index contributed by atoms with van der Waals surface area (Å²) in [5, 5.41) is 4.39. The van der Waals surface area contributed by atoms with Crippen molar-refractivity contribution in [3.63, 3.8) is 0 Å². The van der Waals surface area contributed by atoms with E-state index in [-0.39, 0.29) is 0 Å². The van der Waals surface area contributed by atoms with Crippen LogP contribution in [0.15, 0.2) is 36.7 Å². The molecule has 0 aliphatic rings. The van der Waals surface area contributed by atoms with Crippen LogP contribution >= 0.6 is 0 Å². The highest BCUT2D eigenvalue weighted by atomic mass is 16.5. The van der Waals surface area contributed by atoms with Gasteiger partial charge in [0.25, 0.3) is 0 Å². The monoisotopic (exact) mass is 245 g/mol. The molecule has 18 heavy (non-hydrogen) atoms. The van der Waals surface area contributed by atoms with Crippen molar-refractivity contribution in [3.8, 4) is 11.1 Å². The molecule has 0 saturated heterocycles. The topological polar surface area (TPSA) is 53.1 Å². The smallest absolute Gasteiger partial charge is 0.0569 e. The minimum atomic E-state index is 0.323. The van der Waals surface area contributed by atoms with Crippen molar-refractivity contribution in [2.45, 2.75) is 19.4 Å². The van der Waals surface area contributed by atoms with Crippen LogP contribution in [-0.2, 0) is 4.74 Å². The number of ether oxygens (including phenoxy) is 1. The molecule has 0 fully saturated rings. The average molecular weight is 245 g/mol. The Kier molecular flexibility index (Phi) is 3.99. The highest BCUT2D eigenvalue weighted by molar-refractivity contribution is 5.75.